The molecule has 5 rings (SSSR count). The van der Waals surface area contributed by atoms with Gasteiger partial charge in [-0.05, 0) is 64.0 Å². The fourth-order valence-corrected chi connectivity index (χ4v) is 4.64. The van der Waals surface area contributed by atoms with Gasteiger partial charge in [-0.15, -0.1) is 0 Å². The van der Waals surface area contributed by atoms with Crippen LogP contribution in [0, 0.1) is 11.7 Å². The van der Waals surface area contributed by atoms with Crippen LogP contribution in [-0.4, -0.2) is 40.3 Å². The second kappa shape index (κ2) is 10.0. The number of ether oxygens (including phenoxy) is 2. The molecular weight excluding hydrogens is 515 g/mol. The number of nitrogens with one attached hydrogen (secondary N) is 1. The van der Waals surface area contributed by atoms with E-state index in [0.29, 0.717) is 30.3 Å². The second-order valence-electron chi connectivity index (χ2n) is 8.55. The van der Waals surface area contributed by atoms with Crippen LogP contribution in [0.2, 0.25) is 0 Å². The highest BCUT2D eigenvalue weighted by molar-refractivity contribution is 9.10. The summed E-state index contributed by atoms with van der Waals surface area (Å²) in [5, 5.41) is 7.56. The minimum atomic E-state index is -0.708. The zero-order valence-corrected chi connectivity index (χ0v) is 20.7. The lowest BCUT2D eigenvalue weighted by Crippen LogP contribution is -2.33. The van der Waals surface area contributed by atoms with E-state index in [0.717, 1.165) is 26.9 Å². The first kappa shape index (κ1) is 23.3. The molecule has 0 saturated heterocycles. The van der Waals surface area contributed by atoms with Crippen molar-refractivity contribution in [2.45, 2.75) is 25.3 Å². The average molecular weight is 539 g/mol. The van der Waals surface area contributed by atoms with Gasteiger partial charge in [0.25, 0.3) is 0 Å². The van der Waals surface area contributed by atoms with Crippen molar-refractivity contribution in [3.63, 3.8) is 0 Å². The lowest BCUT2D eigenvalue weighted by molar-refractivity contribution is -0.141. The van der Waals surface area contributed by atoms with Crippen molar-refractivity contribution in [1.82, 2.24) is 14.6 Å². The highest BCUT2D eigenvalue weighted by Crippen LogP contribution is 2.36. The normalized spacial score (nSPS) is 14.0. The van der Waals surface area contributed by atoms with E-state index in [1.807, 2.05) is 30.5 Å². The summed E-state index contributed by atoms with van der Waals surface area (Å²) in [6.07, 6.45) is 5.99. The van der Waals surface area contributed by atoms with Gasteiger partial charge in [-0.3, -0.25) is 0 Å². The number of methoxy groups -OCH3 is 1. The summed E-state index contributed by atoms with van der Waals surface area (Å²) in [7, 11) is 1.36. The summed E-state index contributed by atoms with van der Waals surface area (Å²) >= 11 is 3.65. The molecule has 1 aliphatic carbocycles. The predicted molar refractivity (Wildman–Crippen MR) is 134 cm³/mol. The number of fused-ring (bicyclic) bond motifs is 1. The van der Waals surface area contributed by atoms with Gasteiger partial charge >= 0.3 is 5.97 Å². The third kappa shape index (κ3) is 5.14. The number of para-hydroxylation sites is 1. The summed E-state index contributed by atoms with van der Waals surface area (Å²) in [5.74, 6) is 1.13. The summed E-state index contributed by atoms with van der Waals surface area (Å²) in [5.41, 5.74) is 3.20. The summed E-state index contributed by atoms with van der Waals surface area (Å²) in [6.45, 7) is 0.684. The van der Waals surface area contributed by atoms with Crippen molar-refractivity contribution in [2.24, 2.45) is 5.92 Å². The van der Waals surface area contributed by atoms with Gasteiger partial charge < -0.3 is 14.8 Å². The number of aromatic nitrogens is 3. The van der Waals surface area contributed by atoms with Crippen molar-refractivity contribution in [3.05, 3.63) is 76.9 Å². The SMILES string of the molecule is COC(=O)[C@H](Cc1ccccc1OCC1CC1)Nc1ncnn2cc(-c3ccc(F)cc3)c(Br)c12. The number of carbonyl (C=O) groups excluding carboxylic acids is 1. The molecule has 35 heavy (non-hydrogen) atoms. The maximum Gasteiger partial charge on any atom is 0.328 e. The number of hydrogen-bond donors (Lipinski definition) is 1. The van der Waals surface area contributed by atoms with E-state index in [9.17, 15) is 9.18 Å². The van der Waals surface area contributed by atoms with E-state index < -0.39 is 12.0 Å². The third-order valence-corrected chi connectivity index (χ3v) is 6.83. The highest BCUT2D eigenvalue weighted by atomic mass is 79.9. The minimum Gasteiger partial charge on any atom is -0.493 e. The van der Waals surface area contributed by atoms with Crippen molar-refractivity contribution in [1.29, 1.82) is 0 Å². The number of nitrogens with zero attached hydrogens (tertiary/aromatic N) is 3. The van der Waals surface area contributed by atoms with Crippen molar-refractivity contribution in [2.75, 3.05) is 19.0 Å². The molecule has 1 N–H and O–H groups in total. The molecule has 0 unspecified atom stereocenters. The Hall–Kier alpha value is -3.46. The molecule has 7 nitrogen and oxygen atoms in total. The molecule has 2 aromatic carbocycles. The Bertz CT molecular complexity index is 1350. The van der Waals surface area contributed by atoms with E-state index in [2.05, 4.69) is 31.3 Å². The largest absolute Gasteiger partial charge is 0.493 e. The van der Waals surface area contributed by atoms with Crippen LogP contribution in [-0.2, 0) is 16.0 Å². The Balaban J connectivity index is 1.45. The van der Waals surface area contributed by atoms with Crippen LogP contribution in [0.4, 0.5) is 10.2 Å². The first-order chi connectivity index (χ1) is 17.0. The van der Waals surface area contributed by atoms with Gasteiger partial charge in [0.15, 0.2) is 5.82 Å². The molecule has 9 heteroatoms. The van der Waals surface area contributed by atoms with Gasteiger partial charge in [0.1, 0.15) is 29.5 Å². The number of esters is 1. The van der Waals surface area contributed by atoms with E-state index in [4.69, 9.17) is 9.47 Å². The maximum absolute atomic E-state index is 13.4. The van der Waals surface area contributed by atoms with Crippen LogP contribution in [0.5, 0.6) is 5.75 Å². The molecule has 0 bridgehead atoms. The molecular formula is C26H24BrFN4O3. The van der Waals surface area contributed by atoms with Gasteiger partial charge in [0.2, 0.25) is 0 Å². The van der Waals surface area contributed by atoms with Gasteiger partial charge in [-0.25, -0.2) is 18.7 Å². The summed E-state index contributed by atoms with van der Waals surface area (Å²) in [4.78, 5) is 17.2. The smallest absolute Gasteiger partial charge is 0.328 e. The molecule has 2 heterocycles. The molecule has 1 atom stereocenters. The number of anilines is 1. The lowest BCUT2D eigenvalue weighted by atomic mass is 10.0. The maximum atomic E-state index is 13.4. The van der Waals surface area contributed by atoms with Crippen LogP contribution in [0.25, 0.3) is 16.6 Å². The lowest BCUT2D eigenvalue weighted by Gasteiger charge is -2.19. The Kier molecular flexibility index (Phi) is 6.68. The molecule has 1 aliphatic rings. The monoisotopic (exact) mass is 538 g/mol. The first-order valence-electron chi connectivity index (χ1n) is 11.4. The molecule has 0 amide bonds. The average Bonchev–Trinajstić information content (AvgIpc) is 3.65. The van der Waals surface area contributed by atoms with E-state index in [1.54, 1.807) is 16.6 Å². The third-order valence-electron chi connectivity index (χ3n) is 6.03. The molecule has 0 aliphatic heterocycles. The zero-order valence-electron chi connectivity index (χ0n) is 19.1. The van der Waals surface area contributed by atoms with Crippen LogP contribution in [0.3, 0.4) is 0 Å². The zero-order chi connectivity index (χ0) is 24.4. The van der Waals surface area contributed by atoms with Crippen LogP contribution in [0.15, 0.2) is 65.5 Å². The summed E-state index contributed by atoms with van der Waals surface area (Å²) < 4.78 is 26.9. The van der Waals surface area contributed by atoms with Crippen molar-refractivity contribution >= 4 is 33.2 Å². The predicted octanol–water partition coefficient (Wildman–Crippen LogP) is 5.28. The molecule has 0 spiro atoms. The standard InChI is InChI=1S/C26H24BrFN4O3/c1-34-26(33)21(12-18-4-2-3-5-22(18)35-14-16-6-7-16)31-25-24-23(27)20(13-32(24)30-15-29-25)17-8-10-19(28)11-9-17/h2-5,8-11,13,15-16,21H,6-7,12,14H2,1H3,(H,29,30,31)/t21-/m0/s1. The molecule has 0 radical (unpaired) electrons. The van der Waals surface area contributed by atoms with Crippen LogP contribution >= 0.6 is 15.9 Å². The fraction of sp³-hybridized carbons (Fsp3) is 0.269. The van der Waals surface area contributed by atoms with Gasteiger partial charge in [0.05, 0.1) is 18.2 Å². The van der Waals surface area contributed by atoms with Crippen LogP contribution < -0.4 is 10.1 Å². The topological polar surface area (TPSA) is 77.8 Å². The molecule has 1 saturated carbocycles. The number of hydrogen-bond acceptors (Lipinski definition) is 6. The van der Waals surface area contributed by atoms with Gasteiger partial charge in [0, 0.05) is 18.2 Å². The minimum absolute atomic E-state index is 0.307. The van der Waals surface area contributed by atoms with E-state index in [1.165, 1.54) is 38.4 Å². The van der Waals surface area contributed by atoms with Crippen LogP contribution in [0.1, 0.15) is 18.4 Å². The summed E-state index contributed by atoms with van der Waals surface area (Å²) in [6, 6.07) is 13.2. The van der Waals surface area contributed by atoms with Gasteiger partial charge in [-0.1, -0.05) is 30.3 Å². The Morgan fingerprint density at radius 1 is 1.23 bits per heavy atom. The van der Waals surface area contributed by atoms with Crippen molar-refractivity contribution < 1.29 is 18.7 Å². The molecule has 4 aromatic rings. The van der Waals surface area contributed by atoms with E-state index in [-0.39, 0.29) is 5.82 Å². The number of rotatable bonds is 9. The molecule has 1 fully saturated rings. The fourth-order valence-electron chi connectivity index (χ4n) is 3.94. The first-order valence-corrected chi connectivity index (χ1v) is 12.2. The highest BCUT2D eigenvalue weighted by Gasteiger charge is 2.26. The number of halogens is 2. The quantitative estimate of drug-likeness (QED) is 0.292. The van der Waals surface area contributed by atoms with Gasteiger partial charge in [-0.2, -0.15) is 5.10 Å². The molecule has 2 aromatic heterocycles. The Morgan fingerprint density at radius 2 is 2.00 bits per heavy atom. The second-order valence-corrected chi connectivity index (χ2v) is 9.34. The van der Waals surface area contributed by atoms with Crippen molar-refractivity contribution in [3.8, 4) is 16.9 Å². The Labute approximate surface area is 210 Å². The molecule has 180 valence electrons. The Morgan fingerprint density at radius 3 is 2.74 bits per heavy atom. The van der Waals surface area contributed by atoms with E-state index >= 15 is 0 Å². The number of benzene rings is 2. The number of carbonyl (C=O) groups is 1.